The molecule has 2 aromatic rings. The van der Waals surface area contributed by atoms with Gasteiger partial charge in [-0.15, -0.1) is 0 Å². The van der Waals surface area contributed by atoms with E-state index in [1.807, 2.05) is 5.32 Å². The van der Waals surface area contributed by atoms with E-state index in [0.29, 0.717) is 24.2 Å². The van der Waals surface area contributed by atoms with Gasteiger partial charge in [0, 0.05) is 6.42 Å². The molecular weight excluding hydrogens is 402 g/mol. The number of hydrogen-bond donors (Lipinski definition) is 2. The first-order valence-corrected chi connectivity index (χ1v) is 9.33. The molecule has 0 bridgehead atoms. The van der Waals surface area contributed by atoms with Crippen LogP contribution in [0.25, 0.3) is 10.2 Å². The number of unbranched alkanes of at least 4 members (excludes halogenated alkanes) is 1. The van der Waals surface area contributed by atoms with Gasteiger partial charge in [0.1, 0.15) is 5.82 Å². The molecule has 0 aliphatic heterocycles. The zero-order chi connectivity index (χ0) is 20.9. The largest absolute Gasteiger partial charge is 0.463 e. The molecule has 2 N–H and O–H groups in total. The number of fused-ring (bicyclic) bond motifs is 1. The number of rotatable bonds is 8. The molecule has 28 heavy (non-hydrogen) atoms. The first-order chi connectivity index (χ1) is 13.1. The molecule has 0 spiro atoms. The highest BCUT2D eigenvalue weighted by Crippen LogP contribution is 2.36. The van der Waals surface area contributed by atoms with Crippen molar-refractivity contribution in [3.63, 3.8) is 0 Å². The Hall–Kier alpha value is -2.43. The Labute approximate surface area is 162 Å². The van der Waals surface area contributed by atoms with Gasteiger partial charge in [0.25, 0.3) is 0 Å². The standard InChI is InChI=1S/C17H19F4N3O3S/c1-3-5-6-13(25)23-16(17(19,20)21,14(26)27-4-2)24-15-22-11-8-7-10(18)9-12(11)28-15/h7-9H,3-6H2,1-2H3,(H,22,24)(H,23,25). The maximum Gasteiger partial charge on any atom is 0.442 e. The predicted octanol–water partition coefficient (Wildman–Crippen LogP) is 3.98. The monoisotopic (exact) mass is 421 g/mol. The molecule has 1 aromatic carbocycles. The van der Waals surface area contributed by atoms with Crippen LogP contribution in [-0.4, -0.2) is 35.3 Å². The van der Waals surface area contributed by atoms with E-state index >= 15 is 0 Å². The van der Waals surface area contributed by atoms with Crippen molar-refractivity contribution in [2.75, 3.05) is 11.9 Å². The number of nitrogens with one attached hydrogen (secondary N) is 2. The van der Waals surface area contributed by atoms with Crippen LogP contribution >= 0.6 is 11.3 Å². The number of carbonyl (C=O) groups excluding carboxylic acids is 2. The van der Waals surface area contributed by atoms with E-state index in [4.69, 9.17) is 0 Å². The zero-order valence-corrected chi connectivity index (χ0v) is 16.0. The SMILES string of the molecule is CCCCC(=O)NC(Nc1nc2ccc(F)cc2s1)(C(=O)OCC)C(F)(F)F. The molecule has 0 radical (unpaired) electrons. The van der Waals surface area contributed by atoms with Gasteiger partial charge < -0.3 is 15.4 Å². The number of nitrogens with zero attached hydrogens (tertiary/aromatic N) is 1. The fraction of sp³-hybridized carbons (Fsp3) is 0.471. The lowest BCUT2D eigenvalue weighted by Gasteiger charge is -2.34. The Morgan fingerprint density at radius 2 is 1.96 bits per heavy atom. The summed E-state index contributed by atoms with van der Waals surface area (Å²) in [5.74, 6) is -3.26. The summed E-state index contributed by atoms with van der Waals surface area (Å²) in [6, 6.07) is 3.52. The molecule has 11 heteroatoms. The Bertz CT molecular complexity index is 856. The second-order valence-electron chi connectivity index (χ2n) is 5.88. The highest BCUT2D eigenvalue weighted by Gasteiger charge is 2.64. The van der Waals surface area contributed by atoms with Crippen molar-refractivity contribution in [2.45, 2.75) is 44.9 Å². The summed E-state index contributed by atoms with van der Waals surface area (Å²) >= 11 is 0.714. The van der Waals surface area contributed by atoms with E-state index in [2.05, 4.69) is 9.72 Å². The Morgan fingerprint density at radius 1 is 1.25 bits per heavy atom. The van der Waals surface area contributed by atoms with Gasteiger partial charge in [-0.25, -0.2) is 14.2 Å². The minimum atomic E-state index is -5.23. The molecule has 0 aliphatic rings. The molecule has 1 heterocycles. The van der Waals surface area contributed by atoms with Crippen LogP contribution in [0.2, 0.25) is 0 Å². The molecule has 0 fully saturated rings. The van der Waals surface area contributed by atoms with Gasteiger partial charge in [-0.1, -0.05) is 24.7 Å². The van der Waals surface area contributed by atoms with Crippen LogP contribution in [0.4, 0.5) is 22.7 Å². The smallest absolute Gasteiger partial charge is 0.442 e. The number of amides is 1. The summed E-state index contributed by atoms with van der Waals surface area (Å²) in [5.41, 5.74) is -3.27. The van der Waals surface area contributed by atoms with Crippen LogP contribution < -0.4 is 10.6 Å². The minimum absolute atomic E-state index is 0.194. The summed E-state index contributed by atoms with van der Waals surface area (Å²) < 4.78 is 60.1. The summed E-state index contributed by atoms with van der Waals surface area (Å²) in [7, 11) is 0. The highest BCUT2D eigenvalue weighted by atomic mass is 32.1. The number of aromatic nitrogens is 1. The molecule has 2 rings (SSSR count). The number of thiazole rings is 1. The normalized spacial score (nSPS) is 13.8. The Morgan fingerprint density at radius 3 is 2.57 bits per heavy atom. The second-order valence-corrected chi connectivity index (χ2v) is 6.91. The van der Waals surface area contributed by atoms with E-state index in [1.54, 1.807) is 12.2 Å². The van der Waals surface area contributed by atoms with E-state index < -0.39 is 29.5 Å². The van der Waals surface area contributed by atoms with Gasteiger partial charge in [0.05, 0.1) is 16.8 Å². The second kappa shape index (κ2) is 8.72. The molecular formula is C17H19F4N3O3S. The van der Waals surface area contributed by atoms with Crippen LogP contribution in [0.15, 0.2) is 18.2 Å². The third-order valence-corrected chi connectivity index (χ3v) is 4.67. The molecule has 0 saturated carbocycles. The third-order valence-electron chi connectivity index (χ3n) is 3.74. The van der Waals surface area contributed by atoms with E-state index in [1.165, 1.54) is 13.0 Å². The van der Waals surface area contributed by atoms with Gasteiger partial charge in [0.15, 0.2) is 5.13 Å². The number of ether oxygens (including phenoxy) is 1. The number of esters is 1. The number of alkyl halides is 3. The topological polar surface area (TPSA) is 80.3 Å². The first kappa shape index (κ1) is 21.9. The lowest BCUT2D eigenvalue weighted by atomic mass is 10.1. The number of benzene rings is 1. The average Bonchev–Trinajstić information content (AvgIpc) is 2.99. The van der Waals surface area contributed by atoms with Gasteiger partial charge in [-0.05, 0) is 31.5 Å². The van der Waals surface area contributed by atoms with Crippen molar-refractivity contribution < 1.29 is 31.9 Å². The molecule has 0 aliphatic carbocycles. The summed E-state index contributed by atoms with van der Waals surface area (Å²) in [6.45, 7) is 2.79. The van der Waals surface area contributed by atoms with Crippen molar-refractivity contribution >= 4 is 38.6 Å². The van der Waals surface area contributed by atoms with Crippen molar-refractivity contribution in [1.82, 2.24) is 10.3 Å². The number of hydrogen-bond acceptors (Lipinski definition) is 6. The summed E-state index contributed by atoms with van der Waals surface area (Å²) in [6.07, 6.45) is -4.49. The lowest BCUT2D eigenvalue weighted by molar-refractivity contribution is -0.207. The van der Waals surface area contributed by atoms with Gasteiger partial charge >= 0.3 is 17.8 Å². The van der Waals surface area contributed by atoms with Crippen molar-refractivity contribution in [1.29, 1.82) is 0 Å². The molecule has 6 nitrogen and oxygen atoms in total. The fourth-order valence-corrected chi connectivity index (χ4v) is 3.30. The minimum Gasteiger partial charge on any atom is -0.463 e. The molecule has 154 valence electrons. The number of halogens is 4. The molecule has 1 unspecified atom stereocenters. The highest BCUT2D eigenvalue weighted by molar-refractivity contribution is 7.22. The van der Waals surface area contributed by atoms with E-state index in [-0.39, 0.29) is 28.4 Å². The van der Waals surface area contributed by atoms with E-state index in [0.717, 1.165) is 12.1 Å². The predicted molar refractivity (Wildman–Crippen MR) is 96.3 cm³/mol. The zero-order valence-electron chi connectivity index (χ0n) is 15.2. The van der Waals surface area contributed by atoms with Crippen LogP contribution in [0.1, 0.15) is 33.1 Å². The van der Waals surface area contributed by atoms with E-state index in [9.17, 15) is 27.2 Å². The van der Waals surface area contributed by atoms with Gasteiger partial charge in [-0.3, -0.25) is 4.79 Å². The van der Waals surface area contributed by atoms with Crippen molar-refractivity contribution in [2.24, 2.45) is 0 Å². The first-order valence-electron chi connectivity index (χ1n) is 8.52. The lowest BCUT2D eigenvalue weighted by Crippen LogP contribution is -2.69. The van der Waals surface area contributed by atoms with Gasteiger partial charge in [-0.2, -0.15) is 13.2 Å². The van der Waals surface area contributed by atoms with Gasteiger partial charge in [0.2, 0.25) is 5.91 Å². The average molecular weight is 421 g/mol. The fourth-order valence-electron chi connectivity index (χ4n) is 2.35. The quantitative estimate of drug-likeness (QED) is 0.383. The number of anilines is 1. The summed E-state index contributed by atoms with van der Waals surface area (Å²) in [5, 5.41) is 3.41. The molecule has 1 aromatic heterocycles. The Balaban J connectivity index is 2.47. The van der Waals surface area contributed by atoms with Crippen LogP contribution in [0.5, 0.6) is 0 Å². The Kier molecular flexibility index (Phi) is 6.81. The van der Waals surface area contributed by atoms with Crippen molar-refractivity contribution in [3.05, 3.63) is 24.0 Å². The molecule has 1 amide bonds. The van der Waals surface area contributed by atoms with Crippen LogP contribution in [0, 0.1) is 5.82 Å². The maximum atomic E-state index is 14.0. The number of carbonyl (C=O) groups is 2. The maximum absolute atomic E-state index is 14.0. The molecule has 0 saturated heterocycles. The van der Waals surface area contributed by atoms with Crippen LogP contribution in [0.3, 0.4) is 0 Å². The van der Waals surface area contributed by atoms with Crippen molar-refractivity contribution in [3.8, 4) is 0 Å². The third kappa shape index (κ3) is 4.70. The summed E-state index contributed by atoms with van der Waals surface area (Å²) in [4.78, 5) is 28.3. The van der Waals surface area contributed by atoms with Crippen LogP contribution in [-0.2, 0) is 14.3 Å². The molecule has 1 atom stereocenters.